The SMILES string of the molecule is Cc1nc(COc2cccc(/C=C\C(=O)N(C)[C@H](C)c3ccc(F)cc3)c2)cs1. The van der Waals surface area contributed by atoms with Crippen LogP contribution in [0.1, 0.15) is 34.8 Å². The van der Waals surface area contributed by atoms with E-state index in [4.69, 9.17) is 4.74 Å². The first-order chi connectivity index (χ1) is 13.9. The van der Waals surface area contributed by atoms with Crippen LogP contribution < -0.4 is 4.74 Å². The molecule has 1 heterocycles. The minimum Gasteiger partial charge on any atom is -0.487 e. The van der Waals surface area contributed by atoms with Gasteiger partial charge in [0.15, 0.2) is 0 Å². The fraction of sp³-hybridized carbons (Fsp3) is 0.217. The summed E-state index contributed by atoms with van der Waals surface area (Å²) in [5.41, 5.74) is 2.65. The van der Waals surface area contributed by atoms with Gasteiger partial charge in [-0.05, 0) is 55.3 Å². The number of hydrogen-bond donors (Lipinski definition) is 0. The third-order valence-electron chi connectivity index (χ3n) is 4.61. The summed E-state index contributed by atoms with van der Waals surface area (Å²) in [5, 5.41) is 2.99. The molecule has 0 N–H and O–H groups in total. The summed E-state index contributed by atoms with van der Waals surface area (Å²) in [6, 6.07) is 13.6. The molecule has 0 aliphatic carbocycles. The molecule has 1 atom stereocenters. The number of halogens is 1. The highest BCUT2D eigenvalue weighted by Gasteiger charge is 2.15. The quantitative estimate of drug-likeness (QED) is 0.490. The number of nitrogens with zero attached hydrogens (tertiary/aromatic N) is 2. The van der Waals surface area contributed by atoms with E-state index in [1.807, 2.05) is 43.5 Å². The van der Waals surface area contributed by atoms with Crippen LogP contribution in [0, 0.1) is 12.7 Å². The fourth-order valence-electron chi connectivity index (χ4n) is 2.78. The number of benzene rings is 2. The summed E-state index contributed by atoms with van der Waals surface area (Å²) >= 11 is 1.59. The number of carbonyl (C=O) groups is 1. The highest BCUT2D eigenvalue weighted by molar-refractivity contribution is 7.09. The number of carbonyl (C=O) groups excluding carboxylic acids is 1. The molecule has 150 valence electrons. The van der Waals surface area contributed by atoms with Crippen LogP contribution in [0.2, 0.25) is 0 Å². The van der Waals surface area contributed by atoms with Crippen LogP contribution in [0.3, 0.4) is 0 Å². The monoisotopic (exact) mass is 410 g/mol. The molecule has 1 amide bonds. The van der Waals surface area contributed by atoms with Gasteiger partial charge in [0.2, 0.25) is 5.91 Å². The fourth-order valence-corrected chi connectivity index (χ4v) is 3.38. The van der Waals surface area contributed by atoms with E-state index in [1.54, 1.807) is 41.5 Å². The molecule has 0 radical (unpaired) electrons. The van der Waals surface area contributed by atoms with E-state index >= 15 is 0 Å². The zero-order valence-corrected chi connectivity index (χ0v) is 17.4. The molecule has 2 aromatic carbocycles. The molecule has 0 saturated heterocycles. The Hall–Kier alpha value is -2.99. The predicted molar refractivity (Wildman–Crippen MR) is 114 cm³/mol. The number of aromatic nitrogens is 1. The maximum absolute atomic E-state index is 13.1. The molecule has 0 aliphatic rings. The molecule has 0 aliphatic heterocycles. The average Bonchev–Trinajstić information content (AvgIpc) is 3.15. The Morgan fingerprint density at radius 2 is 2.03 bits per heavy atom. The Kier molecular flexibility index (Phi) is 6.77. The summed E-state index contributed by atoms with van der Waals surface area (Å²) in [5.74, 6) is 0.297. The van der Waals surface area contributed by atoms with E-state index in [-0.39, 0.29) is 17.8 Å². The lowest BCUT2D eigenvalue weighted by atomic mass is 10.1. The molecular weight excluding hydrogens is 387 g/mol. The molecule has 0 saturated carbocycles. The Morgan fingerprint density at radius 1 is 1.28 bits per heavy atom. The highest BCUT2D eigenvalue weighted by atomic mass is 32.1. The van der Waals surface area contributed by atoms with E-state index in [1.165, 1.54) is 18.2 Å². The van der Waals surface area contributed by atoms with Crippen molar-refractivity contribution in [2.24, 2.45) is 0 Å². The molecule has 0 spiro atoms. The van der Waals surface area contributed by atoms with Gasteiger partial charge >= 0.3 is 0 Å². The predicted octanol–water partition coefficient (Wildman–Crippen LogP) is 5.40. The summed E-state index contributed by atoms with van der Waals surface area (Å²) in [7, 11) is 1.73. The molecule has 6 heteroatoms. The minimum absolute atomic E-state index is 0.133. The Labute approximate surface area is 174 Å². The standard InChI is InChI=1S/C23H23FN2O2S/c1-16(19-8-10-20(24)11-9-19)26(3)23(27)12-7-18-5-4-6-22(13-18)28-14-21-15-29-17(2)25-21/h4-13,15-16H,14H2,1-3H3/b12-7-/t16-/m1/s1. The molecular formula is C23H23FN2O2S. The molecule has 3 aromatic rings. The molecule has 0 fully saturated rings. The largest absolute Gasteiger partial charge is 0.487 e. The van der Waals surface area contributed by atoms with E-state index in [9.17, 15) is 9.18 Å². The molecule has 4 nitrogen and oxygen atoms in total. The van der Waals surface area contributed by atoms with Crippen LogP contribution in [0.5, 0.6) is 5.75 Å². The van der Waals surface area contributed by atoms with E-state index in [2.05, 4.69) is 4.98 Å². The van der Waals surface area contributed by atoms with Crippen LogP contribution in [0.4, 0.5) is 4.39 Å². The van der Waals surface area contributed by atoms with Gasteiger partial charge in [0.1, 0.15) is 18.2 Å². The zero-order chi connectivity index (χ0) is 20.8. The van der Waals surface area contributed by atoms with Gasteiger partial charge in [-0.15, -0.1) is 11.3 Å². The van der Waals surface area contributed by atoms with Crippen molar-refractivity contribution in [2.45, 2.75) is 26.5 Å². The molecule has 0 unspecified atom stereocenters. The topological polar surface area (TPSA) is 42.4 Å². The Morgan fingerprint density at radius 3 is 2.72 bits per heavy atom. The van der Waals surface area contributed by atoms with E-state index in [0.717, 1.165) is 27.6 Å². The van der Waals surface area contributed by atoms with Crippen molar-refractivity contribution in [3.8, 4) is 5.75 Å². The lowest BCUT2D eigenvalue weighted by Gasteiger charge is -2.24. The Bertz CT molecular complexity index is 998. The van der Waals surface area contributed by atoms with Crippen LogP contribution >= 0.6 is 11.3 Å². The second-order valence-corrected chi connectivity index (χ2v) is 7.79. The van der Waals surface area contributed by atoms with Gasteiger partial charge in [-0.25, -0.2) is 9.37 Å². The second kappa shape index (κ2) is 9.47. The number of likely N-dealkylation sites (N-methyl/N-ethyl adjacent to an activating group) is 1. The van der Waals surface area contributed by atoms with Gasteiger partial charge in [-0.1, -0.05) is 24.3 Å². The van der Waals surface area contributed by atoms with Crippen LogP contribution in [0.15, 0.2) is 60.0 Å². The number of rotatable bonds is 7. The van der Waals surface area contributed by atoms with E-state index in [0.29, 0.717) is 6.61 Å². The van der Waals surface area contributed by atoms with Crippen molar-refractivity contribution in [2.75, 3.05) is 7.05 Å². The van der Waals surface area contributed by atoms with Crippen molar-refractivity contribution >= 4 is 23.3 Å². The molecule has 29 heavy (non-hydrogen) atoms. The molecule has 1 aromatic heterocycles. The third-order valence-corrected chi connectivity index (χ3v) is 5.43. The van der Waals surface area contributed by atoms with Crippen molar-refractivity contribution in [3.05, 3.63) is 87.6 Å². The number of thiazole rings is 1. The Balaban J connectivity index is 1.61. The van der Waals surface area contributed by atoms with Crippen LogP contribution in [-0.2, 0) is 11.4 Å². The van der Waals surface area contributed by atoms with Gasteiger partial charge in [0.05, 0.1) is 16.7 Å². The maximum atomic E-state index is 13.1. The molecule has 3 rings (SSSR count). The van der Waals surface area contributed by atoms with Crippen LogP contribution in [0.25, 0.3) is 6.08 Å². The second-order valence-electron chi connectivity index (χ2n) is 6.73. The highest BCUT2D eigenvalue weighted by Crippen LogP contribution is 2.20. The lowest BCUT2D eigenvalue weighted by molar-refractivity contribution is -0.126. The summed E-state index contributed by atoms with van der Waals surface area (Å²) < 4.78 is 18.9. The van der Waals surface area contributed by atoms with E-state index < -0.39 is 0 Å². The van der Waals surface area contributed by atoms with Crippen molar-refractivity contribution in [1.29, 1.82) is 0 Å². The van der Waals surface area contributed by atoms with Crippen LogP contribution in [-0.4, -0.2) is 22.8 Å². The first kappa shape index (κ1) is 20.7. The third kappa shape index (κ3) is 5.74. The normalized spacial score (nSPS) is 12.1. The number of amides is 1. The van der Waals surface area contributed by atoms with Gasteiger partial charge in [-0.2, -0.15) is 0 Å². The smallest absolute Gasteiger partial charge is 0.246 e. The van der Waals surface area contributed by atoms with Gasteiger partial charge in [0, 0.05) is 18.5 Å². The number of hydrogen-bond acceptors (Lipinski definition) is 4. The number of aryl methyl sites for hydroxylation is 1. The maximum Gasteiger partial charge on any atom is 0.246 e. The minimum atomic E-state index is -0.290. The molecule has 0 bridgehead atoms. The van der Waals surface area contributed by atoms with Gasteiger partial charge < -0.3 is 9.64 Å². The van der Waals surface area contributed by atoms with Crippen molar-refractivity contribution in [3.63, 3.8) is 0 Å². The average molecular weight is 411 g/mol. The van der Waals surface area contributed by atoms with Crippen molar-refractivity contribution in [1.82, 2.24) is 9.88 Å². The first-order valence-electron chi connectivity index (χ1n) is 9.26. The summed E-state index contributed by atoms with van der Waals surface area (Å²) in [4.78, 5) is 18.5. The zero-order valence-electron chi connectivity index (χ0n) is 16.6. The number of ether oxygens (including phenoxy) is 1. The van der Waals surface area contributed by atoms with Gasteiger partial charge in [-0.3, -0.25) is 4.79 Å². The van der Waals surface area contributed by atoms with Crippen molar-refractivity contribution < 1.29 is 13.9 Å². The van der Waals surface area contributed by atoms with Gasteiger partial charge in [0.25, 0.3) is 0 Å². The summed E-state index contributed by atoms with van der Waals surface area (Å²) in [6.07, 6.45) is 3.29. The first-order valence-corrected chi connectivity index (χ1v) is 10.1. The summed E-state index contributed by atoms with van der Waals surface area (Å²) in [6.45, 7) is 4.28. The lowest BCUT2D eigenvalue weighted by Crippen LogP contribution is -2.27.